The molecule has 0 saturated heterocycles. The molecule has 1 unspecified atom stereocenters. The number of aryl methyl sites for hydroxylation is 1. The fourth-order valence-electron chi connectivity index (χ4n) is 2.02. The average molecular weight is 262 g/mol. The zero-order chi connectivity index (χ0) is 14.0. The van der Waals surface area contributed by atoms with Gasteiger partial charge in [0.15, 0.2) is 5.82 Å². The van der Waals surface area contributed by atoms with Crippen LogP contribution in [0.4, 0.5) is 5.82 Å². The van der Waals surface area contributed by atoms with Crippen molar-refractivity contribution in [2.24, 2.45) is 23.9 Å². The molecule has 7 heteroatoms. The predicted molar refractivity (Wildman–Crippen MR) is 74.4 cm³/mol. The number of pyridine rings is 1. The van der Waals surface area contributed by atoms with Crippen LogP contribution < -0.4 is 10.6 Å². The summed E-state index contributed by atoms with van der Waals surface area (Å²) in [5.74, 6) is 0.923. The van der Waals surface area contributed by atoms with Crippen molar-refractivity contribution in [1.29, 1.82) is 0 Å². The molecule has 0 fully saturated rings. The smallest absolute Gasteiger partial charge is 0.156 e. The maximum atomic E-state index is 8.68. The Morgan fingerprint density at radius 2 is 2.32 bits per heavy atom. The minimum Gasteiger partial charge on any atom is -0.409 e. The Labute approximate surface area is 111 Å². The number of oxime groups is 1. The summed E-state index contributed by atoms with van der Waals surface area (Å²) in [6, 6.07) is 1.92. The van der Waals surface area contributed by atoms with Gasteiger partial charge in [0.25, 0.3) is 0 Å². The van der Waals surface area contributed by atoms with Crippen LogP contribution >= 0.6 is 0 Å². The second kappa shape index (κ2) is 5.13. The number of anilines is 1. The molecule has 102 valence electrons. The quantitative estimate of drug-likeness (QED) is 0.368. The van der Waals surface area contributed by atoms with E-state index in [2.05, 4.69) is 15.1 Å². The third-order valence-electron chi connectivity index (χ3n) is 3.15. The number of hydrogen-bond donors (Lipinski definition) is 2. The molecule has 7 nitrogen and oxygen atoms in total. The van der Waals surface area contributed by atoms with Crippen molar-refractivity contribution < 1.29 is 5.21 Å². The fourth-order valence-corrected chi connectivity index (χ4v) is 2.02. The molecule has 0 aliphatic carbocycles. The highest BCUT2D eigenvalue weighted by atomic mass is 16.4. The summed E-state index contributed by atoms with van der Waals surface area (Å²) in [4.78, 5) is 10.7. The molecule has 3 N–H and O–H groups in total. The summed E-state index contributed by atoms with van der Waals surface area (Å²) in [5, 5.41) is 11.7. The Hall–Kier alpha value is -2.31. The number of imidazole rings is 1. The molecule has 19 heavy (non-hydrogen) atoms. The van der Waals surface area contributed by atoms with Gasteiger partial charge in [-0.25, -0.2) is 9.97 Å². The zero-order valence-corrected chi connectivity index (χ0v) is 11.3. The van der Waals surface area contributed by atoms with Crippen LogP contribution in [-0.4, -0.2) is 39.2 Å². The summed E-state index contributed by atoms with van der Waals surface area (Å²) in [6.45, 7) is 2.49. The van der Waals surface area contributed by atoms with E-state index >= 15 is 0 Å². The van der Waals surface area contributed by atoms with Gasteiger partial charge in [0.1, 0.15) is 11.4 Å². The van der Waals surface area contributed by atoms with Crippen molar-refractivity contribution in [1.82, 2.24) is 14.5 Å². The van der Waals surface area contributed by atoms with Gasteiger partial charge in [0.2, 0.25) is 0 Å². The summed E-state index contributed by atoms with van der Waals surface area (Å²) in [7, 11) is 3.86. The van der Waals surface area contributed by atoms with E-state index in [-0.39, 0.29) is 11.8 Å². The Morgan fingerprint density at radius 3 is 3.00 bits per heavy atom. The lowest BCUT2D eigenvalue weighted by Crippen LogP contribution is -2.33. The van der Waals surface area contributed by atoms with Crippen LogP contribution in [0.25, 0.3) is 11.0 Å². The molecule has 0 spiro atoms. The van der Waals surface area contributed by atoms with E-state index in [0.29, 0.717) is 6.54 Å². The Kier molecular flexibility index (Phi) is 3.55. The first-order valence-corrected chi connectivity index (χ1v) is 5.99. The number of fused-ring (bicyclic) bond motifs is 1. The topological polar surface area (TPSA) is 92.6 Å². The predicted octanol–water partition coefficient (Wildman–Crippen LogP) is 0.787. The molecule has 2 aromatic heterocycles. The molecule has 2 rings (SSSR count). The highest BCUT2D eigenvalue weighted by Gasteiger charge is 2.15. The second-order valence-corrected chi connectivity index (χ2v) is 4.66. The number of nitrogens with two attached hydrogens (primary N) is 1. The molecule has 2 heterocycles. The first-order chi connectivity index (χ1) is 9.04. The summed E-state index contributed by atoms with van der Waals surface area (Å²) < 4.78 is 1.95. The molecule has 0 amide bonds. The first kappa shape index (κ1) is 13.1. The molecule has 1 atom stereocenters. The number of aromatic nitrogens is 3. The van der Waals surface area contributed by atoms with Gasteiger partial charge in [-0.3, -0.25) is 0 Å². The van der Waals surface area contributed by atoms with Crippen LogP contribution in [0.2, 0.25) is 0 Å². The lowest BCUT2D eigenvalue weighted by Gasteiger charge is -2.21. The van der Waals surface area contributed by atoms with Crippen LogP contribution in [-0.2, 0) is 7.05 Å². The maximum absolute atomic E-state index is 8.68. The van der Waals surface area contributed by atoms with Crippen LogP contribution in [0.5, 0.6) is 0 Å². The number of hydrogen-bond acceptors (Lipinski definition) is 5. The minimum atomic E-state index is -0.0734. The van der Waals surface area contributed by atoms with Gasteiger partial charge in [-0.15, -0.1) is 0 Å². The van der Waals surface area contributed by atoms with Gasteiger partial charge >= 0.3 is 0 Å². The van der Waals surface area contributed by atoms with Crippen LogP contribution in [0, 0.1) is 5.92 Å². The van der Waals surface area contributed by atoms with Crippen molar-refractivity contribution in [3.05, 3.63) is 18.6 Å². The molecule has 0 aromatic carbocycles. The number of rotatable bonds is 4. The monoisotopic (exact) mass is 262 g/mol. The van der Waals surface area contributed by atoms with Gasteiger partial charge < -0.3 is 20.4 Å². The summed E-state index contributed by atoms with van der Waals surface area (Å²) in [6.07, 6.45) is 3.51. The van der Waals surface area contributed by atoms with Crippen LogP contribution in [0.3, 0.4) is 0 Å². The molecule has 0 bridgehead atoms. The van der Waals surface area contributed by atoms with Gasteiger partial charge in [-0.1, -0.05) is 12.1 Å². The van der Waals surface area contributed by atoms with E-state index in [9.17, 15) is 0 Å². The van der Waals surface area contributed by atoms with Crippen molar-refractivity contribution in [3.8, 4) is 0 Å². The third kappa shape index (κ3) is 2.44. The SMILES string of the molecule is CC(CN(C)c1nccc2c1ncn2C)/C(N)=N/O. The van der Waals surface area contributed by atoms with Crippen molar-refractivity contribution in [2.45, 2.75) is 6.92 Å². The van der Waals surface area contributed by atoms with E-state index in [1.165, 1.54) is 0 Å². The molecule has 0 aliphatic rings. The standard InChI is InChI=1S/C12H18N6O/c1-8(11(13)16-19)6-17(2)12-10-9(4-5-14-12)18(3)7-15-10/h4-5,7-8,19H,6H2,1-3H3,(H2,13,16). The van der Waals surface area contributed by atoms with Gasteiger partial charge in [0, 0.05) is 32.8 Å². The molecule has 0 aliphatic heterocycles. The van der Waals surface area contributed by atoms with E-state index in [1.54, 1.807) is 12.5 Å². The lowest BCUT2D eigenvalue weighted by atomic mass is 10.1. The van der Waals surface area contributed by atoms with Crippen molar-refractivity contribution >= 4 is 22.7 Å². The molecule has 0 saturated carbocycles. The van der Waals surface area contributed by atoms with E-state index in [4.69, 9.17) is 10.9 Å². The molecular weight excluding hydrogens is 244 g/mol. The summed E-state index contributed by atoms with van der Waals surface area (Å²) >= 11 is 0. The zero-order valence-electron chi connectivity index (χ0n) is 11.3. The van der Waals surface area contributed by atoms with E-state index < -0.39 is 0 Å². The second-order valence-electron chi connectivity index (χ2n) is 4.66. The Morgan fingerprint density at radius 1 is 1.58 bits per heavy atom. The van der Waals surface area contributed by atoms with Crippen LogP contribution in [0.1, 0.15) is 6.92 Å². The van der Waals surface area contributed by atoms with Gasteiger partial charge in [-0.2, -0.15) is 0 Å². The number of nitrogens with zero attached hydrogens (tertiary/aromatic N) is 5. The van der Waals surface area contributed by atoms with E-state index in [1.807, 2.05) is 36.6 Å². The molecular formula is C12H18N6O. The summed E-state index contributed by atoms with van der Waals surface area (Å²) in [5.41, 5.74) is 7.46. The highest BCUT2D eigenvalue weighted by Crippen LogP contribution is 2.22. The maximum Gasteiger partial charge on any atom is 0.156 e. The fraction of sp³-hybridized carbons (Fsp3) is 0.417. The van der Waals surface area contributed by atoms with Crippen molar-refractivity contribution in [3.63, 3.8) is 0 Å². The normalized spacial score (nSPS) is 13.7. The van der Waals surface area contributed by atoms with Gasteiger partial charge in [0.05, 0.1) is 11.8 Å². The van der Waals surface area contributed by atoms with Crippen molar-refractivity contribution in [2.75, 3.05) is 18.5 Å². The van der Waals surface area contributed by atoms with E-state index in [0.717, 1.165) is 16.9 Å². The Bertz CT molecular complexity index is 605. The largest absolute Gasteiger partial charge is 0.409 e. The van der Waals surface area contributed by atoms with Crippen LogP contribution in [0.15, 0.2) is 23.7 Å². The molecule has 0 radical (unpaired) electrons. The third-order valence-corrected chi connectivity index (χ3v) is 3.15. The molecule has 2 aromatic rings. The van der Waals surface area contributed by atoms with Gasteiger partial charge in [-0.05, 0) is 6.07 Å². The Balaban J connectivity index is 2.29. The average Bonchev–Trinajstić information content (AvgIpc) is 2.79. The number of amidine groups is 1. The highest BCUT2D eigenvalue weighted by molar-refractivity contribution is 5.87. The lowest BCUT2D eigenvalue weighted by molar-refractivity contribution is 0.314. The minimum absolute atomic E-state index is 0.0734. The first-order valence-electron chi connectivity index (χ1n) is 5.99.